The largest absolute Gasteiger partial charge is 0.301 e. The number of hydrogen-bond donors (Lipinski definition) is 1. The number of aromatic nitrogens is 1. The molecule has 0 radical (unpaired) electrons. The Morgan fingerprint density at radius 3 is 2.68 bits per heavy atom. The summed E-state index contributed by atoms with van der Waals surface area (Å²) in [4.78, 5) is 3.82. The van der Waals surface area contributed by atoms with Gasteiger partial charge in [0, 0.05) is 19.3 Å². The van der Waals surface area contributed by atoms with Crippen molar-refractivity contribution < 1.29 is 8.42 Å². The molecule has 0 aliphatic heterocycles. The van der Waals surface area contributed by atoms with Gasteiger partial charge in [0.05, 0.1) is 5.69 Å². The summed E-state index contributed by atoms with van der Waals surface area (Å²) in [6, 6.07) is 3.16. The Bertz CT molecular complexity index is 530. The van der Waals surface area contributed by atoms with Crippen LogP contribution in [0.5, 0.6) is 0 Å². The Morgan fingerprint density at radius 2 is 2.05 bits per heavy atom. The van der Waals surface area contributed by atoms with Gasteiger partial charge in [0.15, 0.2) is 0 Å². The van der Waals surface area contributed by atoms with Crippen molar-refractivity contribution in [2.75, 3.05) is 11.8 Å². The zero-order chi connectivity index (χ0) is 13.9. The molecule has 1 N–H and O–H groups in total. The second kappa shape index (κ2) is 6.07. The van der Waals surface area contributed by atoms with Gasteiger partial charge in [0.1, 0.15) is 5.15 Å². The van der Waals surface area contributed by atoms with Crippen LogP contribution in [0.2, 0.25) is 5.15 Å². The lowest BCUT2D eigenvalue weighted by atomic mass is 9.96. The van der Waals surface area contributed by atoms with Gasteiger partial charge in [-0.2, -0.15) is 12.7 Å². The molecular weight excluding hydrogens is 286 g/mol. The molecule has 1 fully saturated rings. The van der Waals surface area contributed by atoms with Gasteiger partial charge in [0.2, 0.25) is 0 Å². The smallest absolute Gasteiger partial charge is 0.271 e. The zero-order valence-electron chi connectivity index (χ0n) is 10.8. The van der Waals surface area contributed by atoms with Crippen molar-refractivity contribution in [2.24, 2.45) is 0 Å². The molecule has 0 aromatic carbocycles. The monoisotopic (exact) mass is 303 g/mol. The number of nitrogens with one attached hydrogen (secondary N) is 1. The molecule has 19 heavy (non-hydrogen) atoms. The lowest BCUT2D eigenvalue weighted by Crippen LogP contribution is -2.41. The second-order valence-electron chi connectivity index (χ2n) is 4.78. The maximum atomic E-state index is 12.3. The highest BCUT2D eigenvalue weighted by Crippen LogP contribution is 2.24. The number of nitrogens with zero attached hydrogens (tertiary/aromatic N) is 2. The van der Waals surface area contributed by atoms with Crippen molar-refractivity contribution in [3.63, 3.8) is 0 Å². The Balaban J connectivity index is 2.08. The van der Waals surface area contributed by atoms with Crippen molar-refractivity contribution in [1.82, 2.24) is 9.29 Å². The number of anilines is 1. The third-order valence-electron chi connectivity index (χ3n) is 3.44. The fraction of sp³-hybridized carbons (Fsp3) is 0.583. The predicted molar refractivity (Wildman–Crippen MR) is 76.4 cm³/mol. The van der Waals surface area contributed by atoms with E-state index < -0.39 is 10.2 Å². The van der Waals surface area contributed by atoms with Crippen molar-refractivity contribution in [1.29, 1.82) is 0 Å². The molecule has 0 unspecified atom stereocenters. The number of hydrogen-bond acceptors (Lipinski definition) is 3. The quantitative estimate of drug-likeness (QED) is 0.870. The van der Waals surface area contributed by atoms with Crippen LogP contribution in [-0.4, -0.2) is 30.8 Å². The molecule has 1 aliphatic carbocycles. The molecule has 0 amide bonds. The van der Waals surface area contributed by atoms with E-state index in [1.54, 1.807) is 13.1 Å². The van der Waals surface area contributed by atoms with E-state index in [2.05, 4.69) is 9.71 Å². The molecule has 1 aromatic heterocycles. The average molecular weight is 304 g/mol. The highest BCUT2D eigenvalue weighted by atomic mass is 35.5. The molecule has 0 atom stereocenters. The molecular formula is C12H18ClN3O2S. The normalized spacial score (nSPS) is 17.6. The molecule has 1 aromatic rings. The van der Waals surface area contributed by atoms with Crippen LogP contribution in [0.25, 0.3) is 0 Å². The van der Waals surface area contributed by atoms with Crippen molar-refractivity contribution >= 4 is 27.5 Å². The SMILES string of the molecule is CN(C1CCCCC1)S(=O)(=O)Nc1ccnc(Cl)c1. The van der Waals surface area contributed by atoms with E-state index in [1.807, 2.05) is 0 Å². The number of pyridine rings is 1. The number of rotatable bonds is 4. The van der Waals surface area contributed by atoms with Crippen LogP contribution in [0.4, 0.5) is 5.69 Å². The van der Waals surface area contributed by atoms with Gasteiger partial charge in [0.25, 0.3) is 0 Å². The highest BCUT2D eigenvalue weighted by molar-refractivity contribution is 7.90. The first-order valence-corrected chi connectivity index (χ1v) is 8.18. The van der Waals surface area contributed by atoms with Crippen molar-refractivity contribution in [3.05, 3.63) is 23.5 Å². The Kier molecular flexibility index (Phi) is 4.65. The predicted octanol–water partition coefficient (Wildman–Crippen LogP) is 2.66. The summed E-state index contributed by atoms with van der Waals surface area (Å²) in [5.74, 6) is 0. The van der Waals surface area contributed by atoms with Crippen LogP contribution < -0.4 is 4.72 Å². The minimum Gasteiger partial charge on any atom is -0.271 e. The molecule has 0 spiro atoms. The lowest BCUT2D eigenvalue weighted by Gasteiger charge is -2.30. The molecule has 1 heterocycles. The highest BCUT2D eigenvalue weighted by Gasteiger charge is 2.27. The van der Waals surface area contributed by atoms with Crippen LogP contribution in [0.15, 0.2) is 18.3 Å². The first kappa shape index (κ1) is 14.6. The fourth-order valence-electron chi connectivity index (χ4n) is 2.33. The Hall–Kier alpha value is -0.850. The van der Waals surface area contributed by atoms with Crippen molar-refractivity contribution in [3.8, 4) is 0 Å². The van der Waals surface area contributed by atoms with Gasteiger partial charge < -0.3 is 0 Å². The lowest BCUT2D eigenvalue weighted by molar-refractivity contribution is 0.287. The fourth-order valence-corrected chi connectivity index (χ4v) is 3.67. The topological polar surface area (TPSA) is 62.3 Å². The van der Waals surface area contributed by atoms with Crippen LogP contribution in [0, 0.1) is 0 Å². The Labute approximate surface area is 119 Å². The summed E-state index contributed by atoms with van der Waals surface area (Å²) in [6.07, 6.45) is 6.69. The molecule has 1 saturated carbocycles. The Morgan fingerprint density at radius 1 is 1.37 bits per heavy atom. The van der Waals surface area contributed by atoms with E-state index in [0.29, 0.717) is 5.69 Å². The molecule has 106 valence electrons. The molecule has 1 aliphatic rings. The minimum absolute atomic E-state index is 0.0866. The van der Waals surface area contributed by atoms with Crippen LogP contribution in [-0.2, 0) is 10.2 Å². The van der Waals surface area contributed by atoms with E-state index in [9.17, 15) is 8.42 Å². The van der Waals surface area contributed by atoms with Crippen LogP contribution >= 0.6 is 11.6 Å². The molecule has 0 bridgehead atoms. The van der Waals surface area contributed by atoms with Gasteiger partial charge in [-0.15, -0.1) is 0 Å². The number of halogens is 1. The maximum absolute atomic E-state index is 12.3. The zero-order valence-corrected chi connectivity index (χ0v) is 12.4. The van der Waals surface area contributed by atoms with Crippen LogP contribution in [0.3, 0.4) is 0 Å². The summed E-state index contributed by atoms with van der Waals surface area (Å²) >= 11 is 5.74. The van der Waals surface area contributed by atoms with E-state index >= 15 is 0 Å². The average Bonchev–Trinajstić information content (AvgIpc) is 2.38. The molecule has 7 heteroatoms. The standard InChI is InChI=1S/C12H18ClN3O2S/c1-16(11-5-3-2-4-6-11)19(17,18)15-10-7-8-14-12(13)9-10/h7-9,11H,2-6H2,1H3,(H,14,15). The summed E-state index contributed by atoms with van der Waals surface area (Å²) in [5.41, 5.74) is 0.433. The van der Waals surface area contributed by atoms with E-state index in [-0.39, 0.29) is 11.2 Å². The van der Waals surface area contributed by atoms with Gasteiger partial charge in [-0.3, -0.25) is 4.72 Å². The van der Waals surface area contributed by atoms with Gasteiger partial charge >= 0.3 is 10.2 Å². The van der Waals surface area contributed by atoms with Crippen LogP contribution in [0.1, 0.15) is 32.1 Å². The summed E-state index contributed by atoms with van der Waals surface area (Å²) in [7, 11) is -1.91. The molecule has 2 rings (SSSR count). The second-order valence-corrected chi connectivity index (χ2v) is 6.90. The summed E-state index contributed by atoms with van der Waals surface area (Å²) in [6.45, 7) is 0. The van der Waals surface area contributed by atoms with E-state index in [0.717, 1.165) is 25.7 Å². The first-order chi connectivity index (χ1) is 8.99. The third-order valence-corrected chi connectivity index (χ3v) is 5.20. The minimum atomic E-state index is -3.53. The van der Waals surface area contributed by atoms with Gasteiger partial charge in [-0.1, -0.05) is 30.9 Å². The third kappa shape index (κ3) is 3.81. The first-order valence-electron chi connectivity index (χ1n) is 6.36. The molecule has 0 saturated heterocycles. The summed E-state index contributed by atoms with van der Waals surface area (Å²) < 4.78 is 28.5. The van der Waals surface area contributed by atoms with Gasteiger partial charge in [-0.05, 0) is 25.0 Å². The maximum Gasteiger partial charge on any atom is 0.301 e. The van der Waals surface area contributed by atoms with Crippen molar-refractivity contribution in [2.45, 2.75) is 38.1 Å². The molecule has 5 nitrogen and oxygen atoms in total. The van der Waals surface area contributed by atoms with E-state index in [4.69, 9.17) is 11.6 Å². The summed E-state index contributed by atoms with van der Waals surface area (Å²) in [5, 5.41) is 0.264. The van der Waals surface area contributed by atoms with Gasteiger partial charge in [-0.25, -0.2) is 4.98 Å². The van der Waals surface area contributed by atoms with E-state index in [1.165, 1.54) is 23.0 Å².